The average molecular weight is 254 g/mol. The molecule has 1 aromatic carbocycles. The van der Waals surface area contributed by atoms with Gasteiger partial charge in [-0.1, -0.05) is 55.5 Å². The van der Waals surface area contributed by atoms with Gasteiger partial charge in [0.1, 0.15) is 0 Å². The van der Waals surface area contributed by atoms with Gasteiger partial charge in [-0.3, -0.25) is 0 Å². The van der Waals surface area contributed by atoms with Crippen molar-refractivity contribution in [3.8, 4) is 0 Å². The molecular formula is C18H22O. The number of benzene rings is 1. The van der Waals surface area contributed by atoms with Gasteiger partial charge in [-0.25, -0.2) is 0 Å². The van der Waals surface area contributed by atoms with Crippen molar-refractivity contribution < 1.29 is 5.11 Å². The van der Waals surface area contributed by atoms with Crippen LogP contribution in [0.1, 0.15) is 37.7 Å². The highest BCUT2D eigenvalue weighted by atomic mass is 16.3. The van der Waals surface area contributed by atoms with E-state index in [2.05, 4.69) is 56.0 Å². The summed E-state index contributed by atoms with van der Waals surface area (Å²) < 4.78 is 0. The van der Waals surface area contributed by atoms with Crippen LogP contribution in [0.3, 0.4) is 0 Å². The van der Waals surface area contributed by atoms with Crippen molar-refractivity contribution >= 4 is 0 Å². The third kappa shape index (κ3) is 1.80. The number of hydrogen-bond acceptors (Lipinski definition) is 1. The standard InChI is InChI=1S/C18H22O/c1-3-14-12-16(15-8-5-4-6-9-15)17(2)10-7-11-18(17,19)13-14/h3-10,14,16,19H,1,11-13H2,2H3/t14-,16-,17+,18+/m0/s1. The molecule has 0 radical (unpaired) electrons. The lowest BCUT2D eigenvalue weighted by molar-refractivity contribution is -0.0907. The first kappa shape index (κ1) is 12.7. The molecule has 2 aliphatic rings. The van der Waals surface area contributed by atoms with Crippen LogP contribution in [0.25, 0.3) is 0 Å². The number of allylic oxidation sites excluding steroid dienone is 1. The molecule has 100 valence electrons. The highest BCUT2D eigenvalue weighted by molar-refractivity contribution is 5.33. The second kappa shape index (κ2) is 4.35. The van der Waals surface area contributed by atoms with Crippen LogP contribution in [0.4, 0.5) is 0 Å². The van der Waals surface area contributed by atoms with Gasteiger partial charge in [0.25, 0.3) is 0 Å². The highest BCUT2D eigenvalue weighted by Gasteiger charge is 2.56. The fourth-order valence-corrected chi connectivity index (χ4v) is 4.03. The fraction of sp³-hybridized carbons (Fsp3) is 0.444. The first-order valence-corrected chi connectivity index (χ1v) is 7.17. The fourth-order valence-electron chi connectivity index (χ4n) is 4.03. The van der Waals surface area contributed by atoms with Crippen LogP contribution in [0, 0.1) is 11.3 Å². The third-order valence-corrected chi connectivity index (χ3v) is 5.32. The summed E-state index contributed by atoms with van der Waals surface area (Å²) in [5.74, 6) is 0.775. The van der Waals surface area contributed by atoms with Gasteiger partial charge >= 0.3 is 0 Å². The Balaban J connectivity index is 2.05. The predicted molar refractivity (Wildman–Crippen MR) is 78.9 cm³/mol. The SMILES string of the molecule is C=C[C@H]1C[C@@H](c2ccccc2)[C@@]2(C)C=CC[C@@]2(O)C1. The molecule has 1 N–H and O–H groups in total. The Bertz CT molecular complexity index is 504. The van der Waals surface area contributed by atoms with Crippen molar-refractivity contribution in [3.05, 3.63) is 60.7 Å². The molecule has 1 fully saturated rings. The Morgan fingerprint density at radius 3 is 2.74 bits per heavy atom. The topological polar surface area (TPSA) is 20.2 Å². The van der Waals surface area contributed by atoms with Gasteiger partial charge in [-0.05, 0) is 36.7 Å². The lowest BCUT2D eigenvalue weighted by Gasteiger charge is -2.51. The summed E-state index contributed by atoms with van der Waals surface area (Å²) in [6.45, 7) is 6.16. The quantitative estimate of drug-likeness (QED) is 0.789. The smallest absolute Gasteiger partial charge is 0.0781 e. The molecule has 0 aliphatic heterocycles. The highest BCUT2D eigenvalue weighted by Crippen LogP contribution is 2.59. The molecule has 2 aliphatic carbocycles. The molecule has 1 saturated carbocycles. The summed E-state index contributed by atoms with van der Waals surface area (Å²) in [5, 5.41) is 11.1. The van der Waals surface area contributed by atoms with Crippen molar-refractivity contribution in [1.29, 1.82) is 0 Å². The van der Waals surface area contributed by atoms with Gasteiger partial charge in [0, 0.05) is 5.41 Å². The van der Waals surface area contributed by atoms with Crippen LogP contribution in [-0.4, -0.2) is 10.7 Å². The van der Waals surface area contributed by atoms with Crippen molar-refractivity contribution in [2.75, 3.05) is 0 Å². The molecule has 0 heterocycles. The predicted octanol–water partition coefficient (Wildman–Crippen LogP) is 4.06. The maximum Gasteiger partial charge on any atom is 0.0781 e. The second-order valence-electron chi connectivity index (χ2n) is 6.32. The molecule has 0 spiro atoms. The number of hydrogen-bond donors (Lipinski definition) is 1. The molecule has 0 bridgehead atoms. The number of fused-ring (bicyclic) bond motifs is 1. The Morgan fingerprint density at radius 2 is 2.05 bits per heavy atom. The van der Waals surface area contributed by atoms with Gasteiger partial charge in [0.2, 0.25) is 0 Å². The van der Waals surface area contributed by atoms with Crippen LogP contribution in [-0.2, 0) is 0 Å². The van der Waals surface area contributed by atoms with E-state index >= 15 is 0 Å². The lowest BCUT2D eigenvalue weighted by Crippen LogP contribution is -2.51. The van der Waals surface area contributed by atoms with E-state index in [4.69, 9.17) is 0 Å². The Kier molecular flexibility index (Phi) is 2.90. The average Bonchev–Trinajstić information content (AvgIpc) is 2.74. The van der Waals surface area contributed by atoms with Crippen LogP contribution in [0.2, 0.25) is 0 Å². The van der Waals surface area contributed by atoms with Gasteiger partial charge in [-0.15, -0.1) is 6.58 Å². The van der Waals surface area contributed by atoms with Gasteiger partial charge in [0.05, 0.1) is 5.60 Å². The molecule has 0 saturated heterocycles. The minimum atomic E-state index is -0.607. The van der Waals surface area contributed by atoms with Gasteiger partial charge < -0.3 is 5.11 Å². The zero-order valence-electron chi connectivity index (χ0n) is 11.5. The molecular weight excluding hydrogens is 232 g/mol. The maximum atomic E-state index is 11.1. The van der Waals surface area contributed by atoms with Crippen molar-refractivity contribution in [3.63, 3.8) is 0 Å². The number of rotatable bonds is 2. The van der Waals surface area contributed by atoms with Crippen molar-refractivity contribution in [1.82, 2.24) is 0 Å². The molecule has 0 aromatic heterocycles. The van der Waals surface area contributed by atoms with Crippen molar-refractivity contribution in [2.24, 2.45) is 11.3 Å². The van der Waals surface area contributed by atoms with Crippen LogP contribution >= 0.6 is 0 Å². The van der Waals surface area contributed by atoms with Crippen LogP contribution in [0.5, 0.6) is 0 Å². The largest absolute Gasteiger partial charge is 0.389 e. The van der Waals surface area contributed by atoms with E-state index in [0.717, 1.165) is 19.3 Å². The monoisotopic (exact) mass is 254 g/mol. The molecule has 0 amide bonds. The normalized spacial score (nSPS) is 40.9. The Hall–Kier alpha value is -1.34. The van der Waals surface area contributed by atoms with Crippen LogP contribution < -0.4 is 0 Å². The van der Waals surface area contributed by atoms with E-state index in [9.17, 15) is 5.11 Å². The van der Waals surface area contributed by atoms with E-state index < -0.39 is 5.60 Å². The second-order valence-corrected chi connectivity index (χ2v) is 6.32. The summed E-state index contributed by atoms with van der Waals surface area (Å²) in [4.78, 5) is 0. The van der Waals surface area contributed by atoms with E-state index in [1.807, 2.05) is 6.08 Å². The zero-order chi connectivity index (χ0) is 13.5. The minimum Gasteiger partial charge on any atom is -0.389 e. The molecule has 1 aromatic rings. The Morgan fingerprint density at radius 1 is 1.32 bits per heavy atom. The molecule has 0 unspecified atom stereocenters. The summed E-state index contributed by atoms with van der Waals surface area (Å²) in [6, 6.07) is 10.6. The van der Waals surface area contributed by atoms with E-state index in [1.54, 1.807) is 0 Å². The van der Waals surface area contributed by atoms with Crippen molar-refractivity contribution in [2.45, 2.75) is 37.7 Å². The summed E-state index contributed by atoms with van der Waals surface area (Å²) in [5.41, 5.74) is 0.583. The Labute approximate surface area is 115 Å². The molecule has 1 heteroatoms. The van der Waals surface area contributed by atoms with E-state index in [1.165, 1.54) is 5.56 Å². The first-order chi connectivity index (χ1) is 9.09. The summed E-state index contributed by atoms with van der Waals surface area (Å²) in [7, 11) is 0. The first-order valence-electron chi connectivity index (χ1n) is 7.17. The summed E-state index contributed by atoms with van der Waals surface area (Å²) >= 11 is 0. The molecule has 3 rings (SSSR count). The molecule has 1 nitrogen and oxygen atoms in total. The van der Waals surface area contributed by atoms with Crippen LogP contribution in [0.15, 0.2) is 55.1 Å². The maximum absolute atomic E-state index is 11.1. The minimum absolute atomic E-state index is 0.145. The third-order valence-electron chi connectivity index (χ3n) is 5.32. The summed E-state index contributed by atoms with van der Waals surface area (Å²) in [6.07, 6.45) is 9.11. The molecule has 4 atom stereocenters. The zero-order valence-corrected chi connectivity index (χ0v) is 11.5. The lowest BCUT2D eigenvalue weighted by atomic mass is 9.56. The van der Waals surface area contributed by atoms with Gasteiger partial charge in [-0.2, -0.15) is 0 Å². The molecule has 19 heavy (non-hydrogen) atoms. The van der Waals surface area contributed by atoms with Gasteiger partial charge in [0.15, 0.2) is 0 Å². The number of aliphatic hydroxyl groups is 1. The van der Waals surface area contributed by atoms with E-state index in [0.29, 0.717) is 11.8 Å². The van der Waals surface area contributed by atoms with E-state index in [-0.39, 0.29) is 5.41 Å².